The van der Waals surface area contributed by atoms with E-state index in [1.807, 2.05) is 6.07 Å². The van der Waals surface area contributed by atoms with Crippen molar-refractivity contribution >= 4 is 5.97 Å². The molecule has 0 fully saturated rings. The number of esters is 1. The third-order valence-electron chi connectivity index (χ3n) is 3.05. The van der Waals surface area contributed by atoms with Gasteiger partial charge in [0.05, 0.1) is 23.6 Å². The molecule has 1 heterocycles. The Morgan fingerprint density at radius 1 is 1.25 bits per heavy atom. The van der Waals surface area contributed by atoms with Crippen LogP contribution in [0.25, 0.3) is 11.3 Å². The van der Waals surface area contributed by atoms with Crippen molar-refractivity contribution in [2.75, 3.05) is 6.61 Å². The van der Waals surface area contributed by atoms with Gasteiger partial charge in [-0.25, -0.2) is 9.18 Å². The zero-order valence-corrected chi connectivity index (χ0v) is 11.7. The summed E-state index contributed by atoms with van der Waals surface area (Å²) in [5, 5.41) is 0. The Hall–Kier alpha value is -2.23. The Bertz CT molecular complexity index is 653. The van der Waals surface area contributed by atoms with Crippen LogP contribution in [0.15, 0.2) is 30.3 Å². The standard InChI is InChI=1S/C16H16FNO2/c1-4-20-16(19)13-7-8-15(18-11(13)3)12-6-5-10(2)14(17)9-12/h5-9H,4H2,1-3H3. The molecule has 0 aliphatic rings. The number of hydrogen-bond acceptors (Lipinski definition) is 3. The van der Waals surface area contributed by atoms with Crippen molar-refractivity contribution in [3.05, 3.63) is 53.0 Å². The zero-order chi connectivity index (χ0) is 14.7. The number of carbonyl (C=O) groups is 1. The molecular formula is C16H16FNO2. The highest BCUT2D eigenvalue weighted by molar-refractivity contribution is 5.90. The average molecular weight is 273 g/mol. The molecular weight excluding hydrogens is 257 g/mol. The smallest absolute Gasteiger partial charge is 0.339 e. The van der Waals surface area contributed by atoms with Gasteiger partial charge in [0.25, 0.3) is 0 Å². The first-order chi connectivity index (χ1) is 9.52. The molecule has 0 unspecified atom stereocenters. The van der Waals surface area contributed by atoms with E-state index in [9.17, 15) is 9.18 Å². The highest BCUT2D eigenvalue weighted by Crippen LogP contribution is 2.21. The first-order valence-electron chi connectivity index (χ1n) is 6.44. The number of benzene rings is 1. The molecule has 3 nitrogen and oxygen atoms in total. The summed E-state index contributed by atoms with van der Waals surface area (Å²) in [6.45, 7) is 5.52. The normalized spacial score (nSPS) is 10.4. The van der Waals surface area contributed by atoms with Crippen molar-refractivity contribution in [3.8, 4) is 11.3 Å². The predicted octanol–water partition coefficient (Wildman–Crippen LogP) is 3.68. The maximum absolute atomic E-state index is 13.6. The van der Waals surface area contributed by atoms with Crippen molar-refractivity contribution in [1.29, 1.82) is 0 Å². The van der Waals surface area contributed by atoms with Crippen LogP contribution in [0, 0.1) is 19.7 Å². The maximum Gasteiger partial charge on any atom is 0.339 e. The second-order valence-electron chi connectivity index (χ2n) is 4.51. The lowest BCUT2D eigenvalue weighted by Gasteiger charge is -2.08. The summed E-state index contributed by atoms with van der Waals surface area (Å²) in [6, 6.07) is 8.32. The number of pyridine rings is 1. The van der Waals surface area contributed by atoms with Crippen molar-refractivity contribution in [2.45, 2.75) is 20.8 Å². The number of nitrogens with zero attached hydrogens (tertiary/aromatic N) is 1. The van der Waals surface area contributed by atoms with E-state index in [2.05, 4.69) is 4.98 Å². The highest BCUT2D eigenvalue weighted by atomic mass is 19.1. The van der Waals surface area contributed by atoms with Crippen LogP contribution in [0.2, 0.25) is 0 Å². The second-order valence-corrected chi connectivity index (χ2v) is 4.51. The van der Waals surface area contributed by atoms with Crippen molar-refractivity contribution in [1.82, 2.24) is 4.98 Å². The molecule has 1 aromatic carbocycles. The number of aryl methyl sites for hydroxylation is 2. The second kappa shape index (κ2) is 5.82. The fourth-order valence-corrected chi connectivity index (χ4v) is 1.90. The molecule has 0 N–H and O–H groups in total. The van der Waals surface area contributed by atoms with E-state index in [1.54, 1.807) is 39.0 Å². The molecule has 0 saturated carbocycles. The molecule has 20 heavy (non-hydrogen) atoms. The Labute approximate surface area is 117 Å². The van der Waals surface area contributed by atoms with Gasteiger partial charge in [-0.05, 0) is 44.5 Å². The largest absolute Gasteiger partial charge is 0.462 e. The lowest BCUT2D eigenvalue weighted by atomic mass is 10.1. The summed E-state index contributed by atoms with van der Waals surface area (Å²) >= 11 is 0. The number of ether oxygens (including phenoxy) is 1. The van der Waals surface area contributed by atoms with Crippen LogP contribution >= 0.6 is 0 Å². The zero-order valence-electron chi connectivity index (χ0n) is 11.7. The fraction of sp³-hybridized carbons (Fsp3) is 0.250. The van der Waals surface area contributed by atoms with Gasteiger partial charge in [0.15, 0.2) is 0 Å². The quantitative estimate of drug-likeness (QED) is 0.801. The SMILES string of the molecule is CCOC(=O)c1ccc(-c2ccc(C)c(F)c2)nc1C. The van der Waals surface area contributed by atoms with E-state index in [-0.39, 0.29) is 11.8 Å². The van der Waals surface area contributed by atoms with E-state index in [0.717, 1.165) is 0 Å². The van der Waals surface area contributed by atoms with Gasteiger partial charge in [-0.2, -0.15) is 0 Å². The minimum Gasteiger partial charge on any atom is -0.462 e. The van der Waals surface area contributed by atoms with E-state index in [1.165, 1.54) is 6.07 Å². The average Bonchev–Trinajstić information content (AvgIpc) is 2.42. The lowest BCUT2D eigenvalue weighted by Crippen LogP contribution is -2.08. The van der Waals surface area contributed by atoms with Crippen LogP contribution in [0.3, 0.4) is 0 Å². The Kier molecular flexibility index (Phi) is 4.13. The van der Waals surface area contributed by atoms with Crippen LogP contribution in [0.4, 0.5) is 4.39 Å². The minimum atomic E-state index is -0.390. The molecule has 0 radical (unpaired) electrons. The van der Waals surface area contributed by atoms with Crippen LogP contribution in [0.5, 0.6) is 0 Å². The number of aromatic nitrogens is 1. The van der Waals surface area contributed by atoms with Gasteiger partial charge < -0.3 is 4.74 Å². The van der Waals surface area contributed by atoms with Gasteiger partial charge in [-0.15, -0.1) is 0 Å². The number of rotatable bonds is 3. The van der Waals surface area contributed by atoms with Gasteiger partial charge in [0.1, 0.15) is 5.82 Å². The predicted molar refractivity (Wildman–Crippen MR) is 75.1 cm³/mol. The highest BCUT2D eigenvalue weighted by Gasteiger charge is 2.12. The molecule has 0 aliphatic carbocycles. The molecule has 0 saturated heterocycles. The van der Waals surface area contributed by atoms with E-state index >= 15 is 0 Å². The third kappa shape index (κ3) is 2.85. The maximum atomic E-state index is 13.6. The molecule has 2 rings (SSSR count). The van der Waals surface area contributed by atoms with Crippen LogP contribution in [0.1, 0.15) is 28.5 Å². The number of halogens is 1. The molecule has 4 heteroatoms. The van der Waals surface area contributed by atoms with Gasteiger partial charge in [-0.3, -0.25) is 4.98 Å². The molecule has 0 spiro atoms. The van der Waals surface area contributed by atoms with Gasteiger partial charge >= 0.3 is 5.97 Å². The monoisotopic (exact) mass is 273 g/mol. The van der Waals surface area contributed by atoms with Gasteiger partial charge in [-0.1, -0.05) is 12.1 Å². The van der Waals surface area contributed by atoms with Gasteiger partial charge in [0, 0.05) is 5.56 Å². The Morgan fingerprint density at radius 3 is 2.60 bits per heavy atom. The first-order valence-corrected chi connectivity index (χ1v) is 6.44. The Morgan fingerprint density at radius 2 is 2.00 bits per heavy atom. The molecule has 1 aromatic heterocycles. The molecule has 104 valence electrons. The van der Waals surface area contributed by atoms with Crippen LogP contribution < -0.4 is 0 Å². The van der Waals surface area contributed by atoms with Gasteiger partial charge in [0.2, 0.25) is 0 Å². The lowest BCUT2D eigenvalue weighted by molar-refractivity contribution is 0.0525. The minimum absolute atomic E-state index is 0.267. The van der Waals surface area contributed by atoms with Crippen LogP contribution in [-0.2, 0) is 4.74 Å². The summed E-state index contributed by atoms with van der Waals surface area (Å²) in [4.78, 5) is 16.0. The summed E-state index contributed by atoms with van der Waals surface area (Å²) < 4.78 is 18.5. The van der Waals surface area contributed by atoms with Crippen molar-refractivity contribution < 1.29 is 13.9 Å². The fourth-order valence-electron chi connectivity index (χ4n) is 1.90. The van der Waals surface area contributed by atoms with Crippen molar-refractivity contribution in [2.24, 2.45) is 0 Å². The number of hydrogen-bond donors (Lipinski definition) is 0. The number of carbonyl (C=O) groups excluding carboxylic acids is 1. The molecule has 2 aromatic rings. The van der Waals surface area contributed by atoms with Crippen molar-refractivity contribution in [3.63, 3.8) is 0 Å². The first kappa shape index (κ1) is 14.2. The molecule has 0 aliphatic heterocycles. The summed E-state index contributed by atoms with van der Waals surface area (Å²) in [5.41, 5.74) is 2.92. The van der Waals surface area contributed by atoms with E-state index < -0.39 is 0 Å². The van der Waals surface area contributed by atoms with Crippen LogP contribution in [-0.4, -0.2) is 17.6 Å². The summed E-state index contributed by atoms with van der Waals surface area (Å²) in [6.07, 6.45) is 0. The van der Waals surface area contributed by atoms with E-state index in [4.69, 9.17) is 4.74 Å². The molecule has 0 atom stereocenters. The summed E-state index contributed by atoms with van der Waals surface area (Å²) in [5.74, 6) is -0.657. The summed E-state index contributed by atoms with van der Waals surface area (Å²) in [7, 11) is 0. The Balaban J connectivity index is 2.37. The molecule has 0 amide bonds. The third-order valence-corrected chi connectivity index (χ3v) is 3.05. The molecule has 0 bridgehead atoms. The van der Waals surface area contributed by atoms with E-state index in [0.29, 0.717) is 34.7 Å². The topological polar surface area (TPSA) is 39.2 Å².